The van der Waals surface area contributed by atoms with Gasteiger partial charge >= 0.3 is 0 Å². The average Bonchev–Trinajstić information content (AvgIpc) is 2.98. The van der Waals surface area contributed by atoms with Crippen molar-refractivity contribution in [2.24, 2.45) is 0 Å². The standard InChI is InChI=1S/C16H19N3O2S2/c1-11(2)21-15-17-18-16(23-15)22-10-14(20)19-9-5-7-12-6-3-4-8-13(12)19/h3-4,6,8,11H,5,7,9-10H2,1-2H3. The van der Waals surface area contributed by atoms with Gasteiger partial charge in [-0.25, -0.2) is 0 Å². The molecule has 7 heteroatoms. The Bertz CT molecular complexity index is 687. The van der Waals surface area contributed by atoms with E-state index in [0.29, 0.717) is 10.9 Å². The number of benzene rings is 1. The summed E-state index contributed by atoms with van der Waals surface area (Å²) in [6.07, 6.45) is 2.13. The number of anilines is 1. The Labute approximate surface area is 144 Å². The summed E-state index contributed by atoms with van der Waals surface area (Å²) in [4.78, 5) is 14.4. The number of ether oxygens (including phenoxy) is 1. The van der Waals surface area contributed by atoms with Gasteiger partial charge in [-0.15, -0.1) is 5.10 Å². The van der Waals surface area contributed by atoms with Crippen molar-refractivity contribution < 1.29 is 9.53 Å². The molecule has 23 heavy (non-hydrogen) atoms. The SMILES string of the molecule is CC(C)Oc1nnc(SCC(=O)N2CCCc3ccccc32)s1. The van der Waals surface area contributed by atoms with Gasteiger partial charge in [-0.3, -0.25) is 4.79 Å². The van der Waals surface area contributed by atoms with Crippen LogP contribution in [0.3, 0.4) is 0 Å². The van der Waals surface area contributed by atoms with E-state index >= 15 is 0 Å². The van der Waals surface area contributed by atoms with Crippen molar-refractivity contribution in [3.05, 3.63) is 29.8 Å². The normalized spacial score (nSPS) is 14.0. The molecule has 1 aliphatic heterocycles. The van der Waals surface area contributed by atoms with Gasteiger partial charge in [0.1, 0.15) is 0 Å². The Morgan fingerprint density at radius 3 is 3.04 bits per heavy atom. The number of hydrogen-bond donors (Lipinski definition) is 0. The highest BCUT2D eigenvalue weighted by Gasteiger charge is 2.22. The predicted octanol–water partition coefficient (Wildman–Crippen LogP) is 3.40. The van der Waals surface area contributed by atoms with Crippen LogP contribution in [0.25, 0.3) is 0 Å². The minimum atomic E-state index is 0.0762. The van der Waals surface area contributed by atoms with Gasteiger partial charge in [0.05, 0.1) is 11.9 Å². The number of aryl methyl sites for hydroxylation is 1. The van der Waals surface area contributed by atoms with Crippen LogP contribution < -0.4 is 9.64 Å². The molecule has 1 aliphatic rings. The summed E-state index contributed by atoms with van der Waals surface area (Å²) in [6.45, 7) is 4.69. The zero-order valence-corrected chi connectivity index (χ0v) is 14.8. The molecule has 1 amide bonds. The molecule has 2 heterocycles. The van der Waals surface area contributed by atoms with Crippen LogP contribution in [0.1, 0.15) is 25.8 Å². The molecule has 0 N–H and O–H groups in total. The Morgan fingerprint density at radius 1 is 1.39 bits per heavy atom. The first kappa shape index (κ1) is 16.3. The molecular weight excluding hydrogens is 330 g/mol. The molecule has 5 nitrogen and oxygen atoms in total. The van der Waals surface area contributed by atoms with E-state index in [1.807, 2.05) is 36.9 Å². The summed E-state index contributed by atoms with van der Waals surface area (Å²) >= 11 is 2.80. The van der Waals surface area contributed by atoms with Crippen LogP contribution in [0, 0.1) is 0 Å². The molecule has 2 aromatic rings. The van der Waals surface area contributed by atoms with Crippen LogP contribution in [0.5, 0.6) is 5.19 Å². The maximum atomic E-state index is 12.5. The fourth-order valence-corrected chi connectivity index (χ4v) is 4.18. The van der Waals surface area contributed by atoms with Crippen LogP contribution in [-0.4, -0.2) is 34.5 Å². The lowest BCUT2D eigenvalue weighted by atomic mass is 10.0. The molecule has 0 unspecified atom stereocenters. The molecule has 0 radical (unpaired) electrons. The summed E-state index contributed by atoms with van der Waals surface area (Å²) in [5.41, 5.74) is 2.30. The van der Waals surface area contributed by atoms with Gasteiger partial charge < -0.3 is 9.64 Å². The molecule has 3 rings (SSSR count). The van der Waals surface area contributed by atoms with Crippen molar-refractivity contribution in [2.45, 2.75) is 37.1 Å². The van der Waals surface area contributed by atoms with E-state index in [-0.39, 0.29) is 12.0 Å². The van der Waals surface area contributed by atoms with Crippen molar-refractivity contribution >= 4 is 34.7 Å². The van der Waals surface area contributed by atoms with E-state index in [0.717, 1.165) is 29.4 Å². The summed E-state index contributed by atoms with van der Waals surface area (Å²) < 4.78 is 6.26. The first-order chi connectivity index (χ1) is 11.1. The second-order valence-electron chi connectivity index (χ2n) is 5.57. The van der Waals surface area contributed by atoms with Gasteiger partial charge in [0.2, 0.25) is 5.91 Å². The number of fused-ring (bicyclic) bond motifs is 1. The third kappa shape index (κ3) is 4.03. The highest BCUT2D eigenvalue weighted by Crippen LogP contribution is 2.30. The summed E-state index contributed by atoms with van der Waals surface area (Å²) in [5, 5.41) is 8.60. The second kappa shape index (κ2) is 7.31. The topological polar surface area (TPSA) is 55.3 Å². The summed E-state index contributed by atoms with van der Waals surface area (Å²) in [5.74, 6) is 0.480. The predicted molar refractivity (Wildman–Crippen MR) is 93.5 cm³/mol. The van der Waals surface area contributed by atoms with E-state index in [4.69, 9.17) is 4.74 Å². The minimum absolute atomic E-state index is 0.0762. The van der Waals surface area contributed by atoms with Gasteiger partial charge in [-0.2, -0.15) is 0 Å². The van der Waals surface area contributed by atoms with Crippen LogP contribution in [0.2, 0.25) is 0 Å². The number of carbonyl (C=O) groups excluding carboxylic acids is 1. The third-order valence-corrected chi connectivity index (χ3v) is 5.39. The largest absolute Gasteiger partial charge is 0.466 e. The van der Waals surface area contributed by atoms with Crippen molar-refractivity contribution in [1.29, 1.82) is 0 Å². The Morgan fingerprint density at radius 2 is 2.22 bits per heavy atom. The molecule has 0 saturated heterocycles. The molecule has 122 valence electrons. The molecular formula is C16H19N3O2S2. The zero-order chi connectivity index (χ0) is 16.2. The number of thioether (sulfide) groups is 1. The fraction of sp³-hybridized carbons (Fsp3) is 0.438. The molecule has 0 spiro atoms. The van der Waals surface area contributed by atoms with E-state index in [1.54, 1.807) is 0 Å². The van der Waals surface area contributed by atoms with Crippen LogP contribution >= 0.6 is 23.1 Å². The highest BCUT2D eigenvalue weighted by atomic mass is 32.2. The van der Waals surface area contributed by atoms with E-state index in [2.05, 4.69) is 16.3 Å². The van der Waals surface area contributed by atoms with Gasteiger partial charge in [-0.1, -0.05) is 35.1 Å². The fourth-order valence-electron chi connectivity index (χ4n) is 2.50. The number of aromatic nitrogens is 2. The molecule has 0 fully saturated rings. The van der Waals surface area contributed by atoms with Crippen LogP contribution in [0.15, 0.2) is 28.6 Å². The number of amides is 1. The van der Waals surface area contributed by atoms with Gasteiger partial charge in [0.15, 0.2) is 4.34 Å². The van der Waals surface area contributed by atoms with Crippen molar-refractivity contribution in [1.82, 2.24) is 10.2 Å². The van der Waals surface area contributed by atoms with Crippen molar-refractivity contribution in [3.63, 3.8) is 0 Å². The number of para-hydroxylation sites is 1. The van der Waals surface area contributed by atoms with Crippen LogP contribution in [0.4, 0.5) is 5.69 Å². The third-order valence-electron chi connectivity index (χ3n) is 3.45. The Kier molecular flexibility index (Phi) is 5.17. The summed E-state index contributed by atoms with van der Waals surface area (Å²) in [6, 6.07) is 8.13. The maximum absolute atomic E-state index is 12.5. The highest BCUT2D eigenvalue weighted by molar-refractivity contribution is 8.01. The molecule has 0 bridgehead atoms. The molecule has 0 atom stereocenters. The van der Waals surface area contributed by atoms with Crippen molar-refractivity contribution in [3.8, 4) is 5.19 Å². The monoisotopic (exact) mass is 349 g/mol. The number of nitrogens with zero attached hydrogens (tertiary/aromatic N) is 3. The van der Waals surface area contributed by atoms with Gasteiger partial charge in [0.25, 0.3) is 5.19 Å². The Balaban J connectivity index is 1.61. The molecule has 0 saturated carbocycles. The summed E-state index contributed by atoms with van der Waals surface area (Å²) in [7, 11) is 0. The molecule has 1 aromatic heterocycles. The average molecular weight is 349 g/mol. The van der Waals surface area contributed by atoms with Gasteiger partial charge in [-0.05, 0) is 49.7 Å². The Hall–Kier alpha value is -1.60. The number of carbonyl (C=O) groups is 1. The number of hydrogen-bond acceptors (Lipinski definition) is 6. The lowest BCUT2D eigenvalue weighted by molar-refractivity contribution is -0.116. The van der Waals surface area contributed by atoms with Crippen LogP contribution in [-0.2, 0) is 11.2 Å². The first-order valence-electron chi connectivity index (χ1n) is 7.64. The van der Waals surface area contributed by atoms with E-state index < -0.39 is 0 Å². The lowest BCUT2D eigenvalue weighted by Gasteiger charge is -2.29. The zero-order valence-electron chi connectivity index (χ0n) is 13.2. The quantitative estimate of drug-likeness (QED) is 0.775. The van der Waals surface area contributed by atoms with Crippen molar-refractivity contribution in [2.75, 3.05) is 17.2 Å². The smallest absolute Gasteiger partial charge is 0.295 e. The first-order valence-corrected chi connectivity index (χ1v) is 9.45. The van der Waals surface area contributed by atoms with E-state index in [9.17, 15) is 4.79 Å². The number of rotatable bonds is 5. The molecule has 1 aromatic carbocycles. The van der Waals surface area contributed by atoms with Gasteiger partial charge in [0, 0.05) is 12.2 Å². The maximum Gasteiger partial charge on any atom is 0.295 e. The van der Waals surface area contributed by atoms with E-state index in [1.165, 1.54) is 28.7 Å². The lowest BCUT2D eigenvalue weighted by Crippen LogP contribution is -2.36. The second-order valence-corrected chi connectivity index (χ2v) is 7.73. The minimum Gasteiger partial charge on any atom is -0.466 e. The molecule has 0 aliphatic carbocycles.